The summed E-state index contributed by atoms with van der Waals surface area (Å²) in [5.74, 6) is -0.473. The van der Waals surface area contributed by atoms with Gasteiger partial charge in [0.15, 0.2) is 0 Å². The van der Waals surface area contributed by atoms with Crippen molar-refractivity contribution in [2.45, 2.75) is 62.8 Å². The number of amidine groups is 1. The van der Waals surface area contributed by atoms with Crippen LogP contribution in [0.5, 0.6) is 0 Å². The molecular formula is C27H41N5O4S. The van der Waals surface area contributed by atoms with Crippen molar-refractivity contribution in [1.82, 2.24) is 10.2 Å². The number of benzene rings is 1. The van der Waals surface area contributed by atoms with Crippen molar-refractivity contribution in [3.05, 3.63) is 47.2 Å². The number of hydrogen-bond acceptors (Lipinski definition) is 5. The minimum atomic E-state index is -1.18. The van der Waals surface area contributed by atoms with Crippen LogP contribution in [-0.2, 0) is 14.3 Å². The molecule has 1 aromatic rings. The second-order valence-electron chi connectivity index (χ2n) is 11.0. The molecule has 0 spiro atoms. The van der Waals surface area contributed by atoms with E-state index in [0.717, 1.165) is 24.8 Å². The highest BCUT2D eigenvalue weighted by Crippen LogP contribution is 2.61. The van der Waals surface area contributed by atoms with Crippen molar-refractivity contribution in [2.24, 2.45) is 16.5 Å². The molecule has 204 valence electrons. The molecule has 0 saturated heterocycles. The number of esters is 1. The lowest BCUT2D eigenvalue weighted by molar-refractivity contribution is -0.144. The van der Waals surface area contributed by atoms with Crippen LogP contribution in [0, 0.1) is 0 Å². The van der Waals surface area contributed by atoms with Crippen LogP contribution in [0.25, 0.3) is 0 Å². The highest BCUT2D eigenvalue weighted by Gasteiger charge is 2.51. The third-order valence-electron chi connectivity index (χ3n) is 7.67. The van der Waals surface area contributed by atoms with Gasteiger partial charge in [-0.1, -0.05) is 37.3 Å². The Morgan fingerprint density at radius 3 is 2.30 bits per heavy atom. The maximum atomic E-state index is 13.5. The molecule has 0 radical (unpaired) electrons. The number of ether oxygens (including phenoxy) is 1. The summed E-state index contributed by atoms with van der Waals surface area (Å²) in [5.41, 5.74) is 13.7. The largest absolute Gasteiger partial charge is 0.463 e. The Bertz CT molecular complexity index is 1100. The third kappa shape index (κ3) is 5.63. The highest BCUT2D eigenvalue weighted by atomic mass is 32.3. The number of urea groups is 1. The van der Waals surface area contributed by atoms with E-state index in [1.165, 1.54) is 0 Å². The maximum Gasteiger partial charge on any atom is 0.319 e. The number of rotatable bonds is 8. The zero-order valence-corrected chi connectivity index (χ0v) is 23.6. The maximum absolute atomic E-state index is 13.5. The highest BCUT2D eigenvalue weighted by molar-refractivity contribution is 8.33. The van der Waals surface area contributed by atoms with E-state index in [4.69, 9.17) is 16.2 Å². The molecule has 0 bridgehead atoms. The minimum Gasteiger partial charge on any atom is -0.463 e. The summed E-state index contributed by atoms with van der Waals surface area (Å²) in [6, 6.07) is 8.37. The molecule has 1 saturated carbocycles. The quantitative estimate of drug-likeness (QED) is 0.267. The van der Waals surface area contributed by atoms with Gasteiger partial charge in [-0.25, -0.2) is 14.8 Å². The van der Waals surface area contributed by atoms with E-state index in [1.807, 2.05) is 44.2 Å². The number of carbonyl (C=O) groups excluding carboxylic acids is 3. The number of amides is 3. The number of nitrogens with two attached hydrogens (primary N) is 2. The van der Waals surface area contributed by atoms with Gasteiger partial charge < -0.3 is 26.4 Å². The van der Waals surface area contributed by atoms with E-state index < -0.39 is 32.4 Å². The fourth-order valence-electron chi connectivity index (χ4n) is 4.78. The fourth-order valence-corrected chi connectivity index (χ4v) is 6.86. The monoisotopic (exact) mass is 531 g/mol. The van der Waals surface area contributed by atoms with Crippen LogP contribution >= 0.6 is 10.0 Å². The molecule has 3 rings (SSSR count). The molecule has 37 heavy (non-hydrogen) atoms. The standard InChI is InChI=1S/C27H41N5O4S/c1-7-21(33)36-17-20(18-12-9-8-10-13-18)30-25(35)32-16-19(22(28)26(32,2)3)23(29)31-24(34)27(14-11-15-27)37(4,5)6/h8-10,12-13,20H,7,11,14-17,28H2,1-6H3,(H,30,35)(H2,29,31,34). The second-order valence-corrected chi connectivity index (χ2v) is 15.4. The summed E-state index contributed by atoms with van der Waals surface area (Å²) in [4.78, 5) is 44.4. The number of aliphatic imine (C=N–C) groups is 1. The Balaban J connectivity index is 1.80. The zero-order chi connectivity index (χ0) is 27.6. The Hall–Kier alpha value is -3.01. The van der Waals surface area contributed by atoms with Crippen molar-refractivity contribution >= 4 is 33.8 Å². The van der Waals surface area contributed by atoms with Gasteiger partial charge in [-0.3, -0.25) is 9.59 Å². The molecule has 1 fully saturated rings. The number of nitrogens with zero attached hydrogens (tertiary/aromatic N) is 2. The van der Waals surface area contributed by atoms with Gasteiger partial charge in [0.2, 0.25) is 0 Å². The number of nitrogens with one attached hydrogen (secondary N) is 1. The smallest absolute Gasteiger partial charge is 0.319 e. The summed E-state index contributed by atoms with van der Waals surface area (Å²) < 4.78 is 4.89. The van der Waals surface area contributed by atoms with Gasteiger partial charge in [0, 0.05) is 17.7 Å². The van der Waals surface area contributed by atoms with E-state index >= 15 is 0 Å². The van der Waals surface area contributed by atoms with E-state index in [0.29, 0.717) is 11.3 Å². The Morgan fingerprint density at radius 2 is 1.78 bits per heavy atom. The van der Waals surface area contributed by atoms with Crippen molar-refractivity contribution in [2.75, 3.05) is 31.9 Å². The van der Waals surface area contributed by atoms with Gasteiger partial charge in [0.25, 0.3) is 5.91 Å². The van der Waals surface area contributed by atoms with E-state index in [9.17, 15) is 14.4 Å². The molecule has 1 atom stereocenters. The van der Waals surface area contributed by atoms with E-state index in [1.54, 1.807) is 11.8 Å². The van der Waals surface area contributed by atoms with Gasteiger partial charge in [-0.2, -0.15) is 4.99 Å². The first-order valence-electron chi connectivity index (χ1n) is 12.6. The predicted molar refractivity (Wildman–Crippen MR) is 150 cm³/mol. The zero-order valence-electron chi connectivity index (χ0n) is 22.8. The van der Waals surface area contributed by atoms with Crippen molar-refractivity contribution in [3.8, 4) is 0 Å². The average Bonchev–Trinajstić information content (AvgIpc) is 3.04. The van der Waals surface area contributed by atoms with Crippen molar-refractivity contribution in [3.63, 3.8) is 0 Å². The molecule has 9 nitrogen and oxygen atoms in total. The first-order valence-corrected chi connectivity index (χ1v) is 15.4. The van der Waals surface area contributed by atoms with E-state index in [2.05, 4.69) is 29.1 Å². The SMILES string of the molecule is CCC(=O)OCC(NC(=O)N1CC(C(N)=NC(=O)C2(S(C)(C)C)CCC2)=C(N)C1(C)C)c1ccccc1. The summed E-state index contributed by atoms with van der Waals surface area (Å²) in [6.45, 7) is 5.48. The Kier molecular flexibility index (Phi) is 8.31. The molecule has 1 aliphatic heterocycles. The first kappa shape index (κ1) is 28.6. The average molecular weight is 532 g/mol. The van der Waals surface area contributed by atoms with Crippen LogP contribution in [0.15, 0.2) is 46.6 Å². The molecule has 0 aromatic heterocycles. The van der Waals surface area contributed by atoms with Crippen molar-refractivity contribution < 1.29 is 19.1 Å². The second kappa shape index (κ2) is 10.8. The van der Waals surface area contributed by atoms with Gasteiger partial charge in [-0.05, 0) is 57.4 Å². The molecule has 5 N–H and O–H groups in total. The molecule has 3 amide bonds. The van der Waals surface area contributed by atoms with Crippen LogP contribution in [0.4, 0.5) is 4.79 Å². The van der Waals surface area contributed by atoms with Crippen LogP contribution in [0.1, 0.15) is 58.1 Å². The van der Waals surface area contributed by atoms with Crippen LogP contribution in [0.3, 0.4) is 0 Å². The van der Waals surface area contributed by atoms with Gasteiger partial charge in [0.05, 0.1) is 22.9 Å². The summed E-state index contributed by atoms with van der Waals surface area (Å²) >= 11 is 0. The number of hydrogen-bond donors (Lipinski definition) is 3. The Morgan fingerprint density at radius 1 is 1.16 bits per heavy atom. The van der Waals surface area contributed by atoms with E-state index in [-0.39, 0.29) is 37.3 Å². The van der Waals surface area contributed by atoms with Crippen LogP contribution in [-0.4, -0.2) is 70.8 Å². The molecular weight excluding hydrogens is 490 g/mol. The van der Waals surface area contributed by atoms with Crippen LogP contribution in [0.2, 0.25) is 0 Å². The lowest BCUT2D eigenvalue weighted by Crippen LogP contribution is -2.52. The normalized spacial score (nSPS) is 20.2. The topological polar surface area (TPSA) is 140 Å². The predicted octanol–water partition coefficient (Wildman–Crippen LogP) is 3.20. The molecule has 1 aliphatic carbocycles. The van der Waals surface area contributed by atoms with Gasteiger partial charge >= 0.3 is 12.0 Å². The molecule has 2 aliphatic rings. The van der Waals surface area contributed by atoms with Crippen LogP contribution < -0.4 is 16.8 Å². The lowest BCUT2D eigenvalue weighted by atomic mass is 9.83. The first-order chi connectivity index (χ1) is 17.2. The van der Waals surface area contributed by atoms with Gasteiger partial charge in [-0.15, -0.1) is 0 Å². The minimum absolute atomic E-state index is 0.00177. The van der Waals surface area contributed by atoms with Crippen molar-refractivity contribution in [1.29, 1.82) is 0 Å². The molecule has 10 heteroatoms. The molecule has 1 heterocycles. The van der Waals surface area contributed by atoms with Gasteiger partial charge in [0.1, 0.15) is 12.4 Å². The Labute approximate surface area is 221 Å². The fraction of sp³-hybridized carbons (Fsp3) is 0.556. The number of carbonyl (C=O) groups is 3. The third-order valence-corrected chi connectivity index (χ3v) is 10.6. The molecule has 1 aromatic carbocycles. The summed E-state index contributed by atoms with van der Waals surface area (Å²) in [5, 5.41) is 2.98. The lowest BCUT2D eigenvalue weighted by Gasteiger charge is -2.52. The summed E-state index contributed by atoms with van der Waals surface area (Å²) in [7, 11) is -1.18. The molecule has 1 unspecified atom stereocenters. The summed E-state index contributed by atoms with van der Waals surface area (Å²) in [6.07, 6.45) is 9.29.